The number of hydrogen-bond donors (Lipinski definition) is 2. The number of ether oxygens (including phenoxy) is 1. The third kappa shape index (κ3) is 3.16. The largest absolute Gasteiger partial charge is 0.504 e. The zero-order valence-electron chi connectivity index (χ0n) is 9.94. The van der Waals surface area contributed by atoms with E-state index in [9.17, 15) is 5.11 Å². The Bertz CT molecular complexity index is 514. The Balaban J connectivity index is 2.02. The molecule has 1 aromatic carbocycles. The highest BCUT2D eigenvalue weighted by atomic mass is 35.5. The molecule has 5 heteroatoms. The molecule has 2 rings (SSSR count). The molecule has 0 saturated carbocycles. The Morgan fingerprint density at radius 1 is 1.39 bits per heavy atom. The van der Waals surface area contributed by atoms with Gasteiger partial charge in [0.2, 0.25) is 0 Å². The number of phenolic OH excluding ortho intramolecular Hbond substituents is 1. The monoisotopic (exact) mass is 283 g/mol. The first-order chi connectivity index (χ1) is 8.70. The van der Waals surface area contributed by atoms with Crippen molar-refractivity contribution in [3.05, 3.63) is 45.1 Å². The lowest BCUT2D eigenvalue weighted by Crippen LogP contribution is -2.12. The van der Waals surface area contributed by atoms with Crippen molar-refractivity contribution in [2.75, 3.05) is 7.11 Å². The second kappa shape index (κ2) is 6.09. The van der Waals surface area contributed by atoms with Gasteiger partial charge in [-0.15, -0.1) is 11.3 Å². The van der Waals surface area contributed by atoms with E-state index in [0.29, 0.717) is 17.3 Å². The Hall–Kier alpha value is -1.23. The van der Waals surface area contributed by atoms with Crippen LogP contribution in [0.4, 0.5) is 0 Å². The molecular formula is C13H14ClNO2S. The molecule has 0 unspecified atom stereocenters. The highest BCUT2D eigenvalue weighted by molar-refractivity contribution is 7.09. The van der Waals surface area contributed by atoms with Crippen LogP contribution in [-0.2, 0) is 13.1 Å². The summed E-state index contributed by atoms with van der Waals surface area (Å²) in [6.07, 6.45) is 0. The first-order valence-electron chi connectivity index (χ1n) is 5.49. The first-order valence-corrected chi connectivity index (χ1v) is 6.75. The first kappa shape index (κ1) is 13.2. The molecule has 2 aromatic rings. The number of halogens is 1. The molecule has 0 radical (unpaired) electrons. The van der Waals surface area contributed by atoms with E-state index >= 15 is 0 Å². The molecule has 0 bridgehead atoms. The minimum Gasteiger partial charge on any atom is -0.504 e. The summed E-state index contributed by atoms with van der Waals surface area (Å²) in [7, 11) is 1.51. The molecule has 0 atom stereocenters. The molecule has 3 nitrogen and oxygen atoms in total. The molecule has 0 aliphatic carbocycles. The molecule has 1 heterocycles. The van der Waals surface area contributed by atoms with E-state index in [2.05, 4.69) is 11.4 Å². The molecule has 1 aromatic heterocycles. The summed E-state index contributed by atoms with van der Waals surface area (Å²) in [4.78, 5) is 1.25. The molecule has 0 spiro atoms. The van der Waals surface area contributed by atoms with Crippen LogP contribution in [0.25, 0.3) is 0 Å². The fourth-order valence-electron chi connectivity index (χ4n) is 1.65. The van der Waals surface area contributed by atoms with E-state index < -0.39 is 0 Å². The summed E-state index contributed by atoms with van der Waals surface area (Å²) in [5.74, 6) is 0.538. The molecule has 0 fully saturated rings. The van der Waals surface area contributed by atoms with Gasteiger partial charge >= 0.3 is 0 Å². The van der Waals surface area contributed by atoms with Crippen LogP contribution >= 0.6 is 22.9 Å². The molecular weight excluding hydrogens is 270 g/mol. The lowest BCUT2D eigenvalue weighted by Gasteiger charge is -2.10. The van der Waals surface area contributed by atoms with Crippen molar-refractivity contribution in [1.82, 2.24) is 5.32 Å². The molecule has 0 saturated heterocycles. The topological polar surface area (TPSA) is 41.5 Å². The van der Waals surface area contributed by atoms with Gasteiger partial charge in [0.25, 0.3) is 0 Å². The van der Waals surface area contributed by atoms with Gasteiger partial charge in [0.1, 0.15) is 0 Å². The fraction of sp³-hybridized carbons (Fsp3) is 0.231. The van der Waals surface area contributed by atoms with Crippen LogP contribution in [0.5, 0.6) is 11.5 Å². The standard InChI is InChI=1S/C13H14ClNO2S/c1-17-12-6-10(14)5-9(13(12)16)7-15-8-11-3-2-4-18-11/h2-6,15-16H,7-8H2,1H3. The van der Waals surface area contributed by atoms with E-state index in [1.165, 1.54) is 12.0 Å². The molecule has 0 amide bonds. The number of aromatic hydroxyl groups is 1. The summed E-state index contributed by atoms with van der Waals surface area (Å²) >= 11 is 7.66. The summed E-state index contributed by atoms with van der Waals surface area (Å²) in [6, 6.07) is 7.41. The second-order valence-electron chi connectivity index (χ2n) is 3.80. The SMILES string of the molecule is COc1cc(Cl)cc(CNCc2cccs2)c1O. The van der Waals surface area contributed by atoms with Crippen molar-refractivity contribution in [3.8, 4) is 11.5 Å². The van der Waals surface area contributed by atoms with Crippen molar-refractivity contribution >= 4 is 22.9 Å². The van der Waals surface area contributed by atoms with Gasteiger partial charge in [-0.25, -0.2) is 0 Å². The summed E-state index contributed by atoms with van der Waals surface area (Å²) in [6.45, 7) is 1.31. The Morgan fingerprint density at radius 3 is 2.89 bits per heavy atom. The second-order valence-corrected chi connectivity index (χ2v) is 5.27. The van der Waals surface area contributed by atoms with Gasteiger partial charge in [0.15, 0.2) is 11.5 Å². The maximum absolute atomic E-state index is 9.95. The molecule has 18 heavy (non-hydrogen) atoms. The molecule has 0 aliphatic heterocycles. The van der Waals surface area contributed by atoms with E-state index in [0.717, 1.165) is 12.1 Å². The third-order valence-electron chi connectivity index (χ3n) is 2.53. The number of phenols is 1. The Kier molecular flexibility index (Phi) is 4.47. The predicted octanol–water partition coefficient (Wildman–Crippen LogP) is 3.41. The number of rotatable bonds is 5. The average molecular weight is 284 g/mol. The van der Waals surface area contributed by atoms with E-state index in [-0.39, 0.29) is 5.75 Å². The van der Waals surface area contributed by atoms with Crippen LogP contribution in [0.2, 0.25) is 5.02 Å². The van der Waals surface area contributed by atoms with Crippen molar-refractivity contribution in [3.63, 3.8) is 0 Å². The fourth-order valence-corrected chi connectivity index (χ4v) is 2.56. The molecule has 96 valence electrons. The number of benzene rings is 1. The zero-order chi connectivity index (χ0) is 13.0. The number of thiophene rings is 1. The third-order valence-corrected chi connectivity index (χ3v) is 3.63. The lowest BCUT2D eigenvalue weighted by molar-refractivity contribution is 0.369. The smallest absolute Gasteiger partial charge is 0.162 e. The summed E-state index contributed by atoms with van der Waals surface area (Å²) in [5, 5.41) is 15.8. The normalized spacial score (nSPS) is 10.6. The van der Waals surface area contributed by atoms with Crippen LogP contribution in [0.3, 0.4) is 0 Å². The Labute approximate surface area is 115 Å². The van der Waals surface area contributed by atoms with E-state index in [1.54, 1.807) is 23.5 Å². The molecule has 2 N–H and O–H groups in total. The minimum absolute atomic E-state index is 0.139. The van der Waals surface area contributed by atoms with Crippen molar-refractivity contribution in [2.45, 2.75) is 13.1 Å². The van der Waals surface area contributed by atoms with E-state index in [1.807, 2.05) is 11.4 Å². The predicted molar refractivity (Wildman–Crippen MR) is 74.5 cm³/mol. The summed E-state index contributed by atoms with van der Waals surface area (Å²) < 4.78 is 5.06. The van der Waals surface area contributed by atoms with Gasteiger partial charge in [-0.2, -0.15) is 0 Å². The van der Waals surface area contributed by atoms with Gasteiger partial charge < -0.3 is 15.2 Å². The quantitative estimate of drug-likeness (QED) is 0.884. The van der Waals surface area contributed by atoms with Gasteiger partial charge in [0, 0.05) is 34.6 Å². The van der Waals surface area contributed by atoms with Crippen LogP contribution in [0.1, 0.15) is 10.4 Å². The van der Waals surface area contributed by atoms with Crippen LogP contribution in [-0.4, -0.2) is 12.2 Å². The van der Waals surface area contributed by atoms with Crippen LogP contribution in [0.15, 0.2) is 29.6 Å². The van der Waals surface area contributed by atoms with Gasteiger partial charge in [-0.3, -0.25) is 0 Å². The highest BCUT2D eigenvalue weighted by Gasteiger charge is 2.09. The minimum atomic E-state index is 0.139. The maximum atomic E-state index is 9.95. The van der Waals surface area contributed by atoms with Crippen LogP contribution in [0, 0.1) is 0 Å². The number of hydrogen-bond acceptors (Lipinski definition) is 4. The lowest BCUT2D eigenvalue weighted by atomic mass is 10.2. The van der Waals surface area contributed by atoms with Crippen molar-refractivity contribution in [1.29, 1.82) is 0 Å². The van der Waals surface area contributed by atoms with Crippen molar-refractivity contribution in [2.24, 2.45) is 0 Å². The zero-order valence-corrected chi connectivity index (χ0v) is 11.5. The Morgan fingerprint density at radius 2 is 2.22 bits per heavy atom. The number of methoxy groups -OCH3 is 1. The number of nitrogens with one attached hydrogen (secondary N) is 1. The average Bonchev–Trinajstić information content (AvgIpc) is 2.86. The van der Waals surface area contributed by atoms with Gasteiger partial charge in [0.05, 0.1) is 7.11 Å². The van der Waals surface area contributed by atoms with Crippen LogP contribution < -0.4 is 10.1 Å². The summed E-state index contributed by atoms with van der Waals surface area (Å²) in [5.41, 5.74) is 0.732. The highest BCUT2D eigenvalue weighted by Crippen LogP contribution is 2.33. The molecule has 0 aliphatic rings. The van der Waals surface area contributed by atoms with Gasteiger partial charge in [-0.05, 0) is 17.5 Å². The maximum Gasteiger partial charge on any atom is 0.162 e. The van der Waals surface area contributed by atoms with Gasteiger partial charge in [-0.1, -0.05) is 17.7 Å². The van der Waals surface area contributed by atoms with Crippen molar-refractivity contribution < 1.29 is 9.84 Å². The van der Waals surface area contributed by atoms with E-state index in [4.69, 9.17) is 16.3 Å².